The lowest BCUT2D eigenvalue weighted by molar-refractivity contribution is 0.0548. The number of aryl methyl sites for hydroxylation is 1. The fourth-order valence-electron chi connectivity index (χ4n) is 5.88. The van der Waals surface area contributed by atoms with E-state index in [1.807, 2.05) is 51.5 Å². The first-order chi connectivity index (χ1) is 19.0. The maximum absolute atomic E-state index is 15.6. The Morgan fingerprint density at radius 1 is 1.15 bits per heavy atom. The third kappa shape index (κ3) is 4.32. The van der Waals surface area contributed by atoms with E-state index < -0.39 is 0 Å². The molecule has 0 radical (unpaired) electrons. The van der Waals surface area contributed by atoms with Gasteiger partial charge in [-0.15, -0.1) is 0 Å². The highest BCUT2D eigenvalue weighted by atomic mass is 19.1. The summed E-state index contributed by atoms with van der Waals surface area (Å²) < 4.78 is 25.3. The molecule has 4 aromatic heterocycles. The van der Waals surface area contributed by atoms with Crippen molar-refractivity contribution in [3.8, 4) is 11.4 Å². The lowest BCUT2D eigenvalue weighted by Crippen LogP contribution is -2.27. The van der Waals surface area contributed by atoms with Crippen LogP contribution in [0.1, 0.15) is 36.9 Å². The summed E-state index contributed by atoms with van der Waals surface area (Å²) in [5.74, 6) is -0.0830. The van der Waals surface area contributed by atoms with Crippen LogP contribution < -0.4 is 11.1 Å². The molecule has 200 valence electrons. The first-order valence-corrected chi connectivity index (χ1v) is 13.2. The predicted molar refractivity (Wildman–Crippen MR) is 151 cm³/mol. The third-order valence-electron chi connectivity index (χ3n) is 7.72. The van der Waals surface area contributed by atoms with Gasteiger partial charge in [-0.25, -0.2) is 9.37 Å². The molecule has 3 N–H and O–H groups in total. The molecule has 0 aliphatic carbocycles. The van der Waals surface area contributed by atoms with E-state index in [9.17, 15) is 0 Å². The smallest absolute Gasteiger partial charge is 0.143 e. The Hall–Kier alpha value is -4.24. The van der Waals surface area contributed by atoms with Crippen LogP contribution in [0.4, 0.5) is 4.39 Å². The lowest BCUT2D eigenvalue weighted by Gasteiger charge is -2.33. The second-order valence-corrected chi connectivity index (χ2v) is 10.1. The van der Waals surface area contributed by atoms with E-state index >= 15 is 4.39 Å². The Balaban J connectivity index is 1.70. The molecule has 0 amide bonds. The molecule has 0 bridgehead atoms. The number of aromatic nitrogens is 5. The van der Waals surface area contributed by atoms with Gasteiger partial charge in [0.15, 0.2) is 0 Å². The van der Waals surface area contributed by atoms with Crippen molar-refractivity contribution in [1.82, 2.24) is 29.6 Å². The minimum Gasteiger partial charge on any atom is -0.401 e. The topological polar surface area (TPSA) is 95.8 Å². The Bertz CT molecular complexity index is 1690. The maximum Gasteiger partial charge on any atom is 0.143 e. The minimum absolute atomic E-state index is 0.149. The van der Waals surface area contributed by atoms with Crippen LogP contribution in [0.3, 0.4) is 0 Å². The van der Waals surface area contributed by atoms with Crippen molar-refractivity contribution in [1.29, 1.82) is 0 Å². The van der Waals surface area contributed by atoms with E-state index in [1.54, 1.807) is 16.9 Å². The van der Waals surface area contributed by atoms with Gasteiger partial charge in [0.2, 0.25) is 0 Å². The van der Waals surface area contributed by atoms with Gasteiger partial charge in [-0.05, 0) is 56.0 Å². The van der Waals surface area contributed by atoms with Gasteiger partial charge in [-0.1, -0.05) is 18.2 Å². The van der Waals surface area contributed by atoms with Crippen molar-refractivity contribution in [2.24, 2.45) is 18.7 Å². The van der Waals surface area contributed by atoms with Crippen molar-refractivity contribution in [3.63, 3.8) is 0 Å². The van der Waals surface area contributed by atoms with Gasteiger partial charge in [-0.3, -0.25) is 9.67 Å². The van der Waals surface area contributed by atoms with Crippen molar-refractivity contribution in [2.45, 2.75) is 25.8 Å². The molecule has 0 unspecified atom stereocenters. The van der Waals surface area contributed by atoms with E-state index in [4.69, 9.17) is 20.4 Å². The number of fused-ring (bicyclic) bond motifs is 3. The molecular weight excluding hydrogens is 493 g/mol. The Labute approximate surface area is 226 Å². The number of ether oxygens (including phenoxy) is 1. The SMILES string of the molecule is CN/C(=C(/C)N)c1cnc2c3ccc(-c4ccnn4C)nc3n([C@H](c3ccccc3F)C3CCOCC3)c2c1. The molecule has 0 spiro atoms. The fourth-order valence-corrected chi connectivity index (χ4v) is 5.88. The number of nitrogens with two attached hydrogens (primary N) is 1. The standard InChI is InChI=1S/C30H32FN7O/c1-18(32)27(33-2)20-16-26-28(34-17-20)22-8-9-24(25-10-13-35-37(25)3)36-30(22)38(26)29(19-11-14-39-15-12-19)21-6-4-5-7-23(21)31/h4-10,13,16-17,19,29,33H,11-12,14-15,32H2,1-3H3/b27-18-/t29-/m0/s1. The minimum atomic E-state index is -0.303. The molecule has 0 saturated carbocycles. The van der Waals surface area contributed by atoms with Crippen LogP contribution in [0.5, 0.6) is 0 Å². The summed E-state index contributed by atoms with van der Waals surface area (Å²) in [6, 6.07) is 14.8. The van der Waals surface area contributed by atoms with Crippen LogP contribution in [-0.4, -0.2) is 44.6 Å². The highest BCUT2D eigenvalue weighted by Crippen LogP contribution is 2.41. The molecule has 9 heteroatoms. The average Bonchev–Trinajstić information content (AvgIpc) is 3.51. The summed E-state index contributed by atoms with van der Waals surface area (Å²) in [4.78, 5) is 10.1. The average molecular weight is 526 g/mol. The first kappa shape index (κ1) is 25.1. The quantitative estimate of drug-likeness (QED) is 0.324. The number of nitrogens with one attached hydrogen (secondary N) is 1. The summed E-state index contributed by atoms with van der Waals surface area (Å²) in [6.07, 6.45) is 5.22. The number of halogens is 1. The second kappa shape index (κ2) is 10.1. The highest BCUT2D eigenvalue weighted by molar-refractivity contribution is 6.05. The van der Waals surface area contributed by atoms with Gasteiger partial charge in [0.05, 0.1) is 34.2 Å². The molecule has 6 rings (SSSR count). The maximum atomic E-state index is 15.6. The molecule has 5 heterocycles. The summed E-state index contributed by atoms with van der Waals surface area (Å²) in [5, 5.41) is 8.45. The summed E-state index contributed by atoms with van der Waals surface area (Å²) in [5.41, 5.74) is 13.3. The number of allylic oxidation sites excluding steroid dienone is 1. The second-order valence-electron chi connectivity index (χ2n) is 10.1. The number of hydrogen-bond donors (Lipinski definition) is 2. The van der Waals surface area contributed by atoms with E-state index in [0.717, 1.165) is 57.6 Å². The van der Waals surface area contributed by atoms with Gasteiger partial charge in [-0.2, -0.15) is 5.10 Å². The summed E-state index contributed by atoms with van der Waals surface area (Å²) >= 11 is 0. The monoisotopic (exact) mass is 525 g/mol. The van der Waals surface area contributed by atoms with Crippen molar-refractivity contribution in [3.05, 3.63) is 83.6 Å². The van der Waals surface area contributed by atoms with Gasteiger partial charge in [0.1, 0.15) is 11.5 Å². The predicted octanol–water partition coefficient (Wildman–Crippen LogP) is 5.01. The van der Waals surface area contributed by atoms with Gasteiger partial charge in [0, 0.05) is 61.9 Å². The first-order valence-electron chi connectivity index (χ1n) is 13.2. The number of benzene rings is 1. The van der Waals surface area contributed by atoms with Crippen LogP contribution in [0.25, 0.3) is 39.2 Å². The van der Waals surface area contributed by atoms with Gasteiger partial charge in [0.25, 0.3) is 0 Å². The lowest BCUT2D eigenvalue weighted by atomic mass is 9.86. The molecule has 1 aliphatic heterocycles. The van der Waals surface area contributed by atoms with Crippen molar-refractivity contribution < 1.29 is 9.13 Å². The molecule has 1 fully saturated rings. The highest BCUT2D eigenvalue weighted by Gasteiger charge is 2.32. The van der Waals surface area contributed by atoms with Crippen molar-refractivity contribution in [2.75, 3.05) is 20.3 Å². The third-order valence-corrected chi connectivity index (χ3v) is 7.72. The Morgan fingerprint density at radius 2 is 1.95 bits per heavy atom. The Morgan fingerprint density at radius 3 is 2.64 bits per heavy atom. The van der Waals surface area contributed by atoms with E-state index in [0.29, 0.717) is 24.5 Å². The molecular formula is C30H32FN7O. The molecule has 1 saturated heterocycles. The number of rotatable bonds is 6. The number of nitrogens with zero attached hydrogens (tertiary/aromatic N) is 5. The van der Waals surface area contributed by atoms with Crippen LogP contribution in [0, 0.1) is 11.7 Å². The van der Waals surface area contributed by atoms with Crippen LogP contribution >= 0.6 is 0 Å². The normalized spacial score (nSPS) is 16.0. The van der Waals surface area contributed by atoms with E-state index in [2.05, 4.69) is 27.1 Å². The fraction of sp³-hybridized carbons (Fsp3) is 0.300. The molecule has 1 atom stereocenters. The van der Waals surface area contributed by atoms with Crippen LogP contribution in [0.15, 0.2) is 66.6 Å². The van der Waals surface area contributed by atoms with E-state index in [1.165, 1.54) is 6.07 Å². The van der Waals surface area contributed by atoms with Gasteiger partial charge >= 0.3 is 0 Å². The van der Waals surface area contributed by atoms with Crippen LogP contribution in [-0.2, 0) is 11.8 Å². The largest absolute Gasteiger partial charge is 0.401 e. The summed E-state index contributed by atoms with van der Waals surface area (Å²) in [6.45, 7) is 3.14. The zero-order valence-corrected chi connectivity index (χ0v) is 22.4. The molecule has 1 aromatic carbocycles. The summed E-state index contributed by atoms with van der Waals surface area (Å²) in [7, 11) is 3.74. The molecule has 5 aromatic rings. The number of pyridine rings is 2. The Kier molecular flexibility index (Phi) is 6.52. The van der Waals surface area contributed by atoms with Crippen molar-refractivity contribution >= 4 is 27.8 Å². The van der Waals surface area contributed by atoms with Crippen LogP contribution in [0.2, 0.25) is 0 Å². The molecule has 8 nitrogen and oxygen atoms in total. The molecule has 1 aliphatic rings. The van der Waals surface area contributed by atoms with E-state index in [-0.39, 0.29) is 17.8 Å². The zero-order valence-electron chi connectivity index (χ0n) is 22.4. The van der Waals surface area contributed by atoms with Gasteiger partial charge < -0.3 is 20.4 Å². The molecule has 39 heavy (non-hydrogen) atoms. The number of hydrogen-bond acceptors (Lipinski definition) is 6. The zero-order chi connectivity index (χ0) is 27.1.